The molecule has 4 aromatic rings. The Morgan fingerprint density at radius 3 is 2.48 bits per heavy atom. The van der Waals surface area contributed by atoms with Crippen LogP contribution in [0.3, 0.4) is 0 Å². The SMILES string of the molecule is Cc1cc(C)n(Cc2nc(-c3ccc(NC(=O)COc4ccccc4)cc3)oc2C)n1. The Labute approximate surface area is 180 Å². The maximum atomic E-state index is 12.1. The Hall–Kier alpha value is -3.87. The van der Waals surface area contributed by atoms with Crippen LogP contribution in [0, 0.1) is 20.8 Å². The fraction of sp³-hybridized carbons (Fsp3) is 0.208. The number of nitrogens with zero attached hydrogens (tertiary/aromatic N) is 3. The number of carbonyl (C=O) groups is 1. The molecule has 0 aliphatic carbocycles. The van der Waals surface area contributed by atoms with Crippen LogP contribution in [0.25, 0.3) is 11.5 Å². The first kappa shape index (κ1) is 20.4. The van der Waals surface area contributed by atoms with Crippen LogP contribution in [-0.2, 0) is 11.3 Å². The number of aryl methyl sites for hydroxylation is 3. The Morgan fingerprint density at radius 2 is 1.81 bits per heavy atom. The van der Waals surface area contributed by atoms with Gasteiger partial charge in [-0.05, 0) is 63.2 Å². The molecule has 7 nitrogen and oxygen atoms in total. The van der Waals surface area contributed by atoms with Gasteiger partial charge in [-0.1, -0.05) is 18.2 Å². The van der Waals surface area contributed by atoms with E-state index in [4.69, 9.17) is 9.15 Å². The van der Waals surface area contributed by atoms with E-state index in [0.717, 1.165) is 28.4 Å². The normalized spacial score (nSPS) is 10.8. The quantitative estimate of drug-likeness (QED) is 0.479. The molecule has 1 amide bonds. The molecule has 2 aromatic carbocycles. The van der Waals surface area contributed by atoms with E-state index in [1.807, 2.05) is 86.1 Å². The van der Waals surface area contributed by atoms with Gasteiger partial charge in [-0.2, -0.15) is 5.10 Å². The average molecular weight is 416 g/mol. The van der Waals surface area contributed by atoms with Crippen molar-refractivity contribution < 1.29 is 13.9 Å². The number of oxazole rings is 1. The lowest BCUT2D eigenvalue weighted by Gasteiger charge is -2.07. The zero-order valence-corrected chi connectivity index (χ0v) is 17.8. The van der Waals surface area contributed by atoms with E-state index < -0.39 is 0 Å². The van der Waals surface area contributed by atoms with E-state index in [1.165, 1.54) is 0 Å². The first-order valence-electron chi connectivity index (χ1n) is 10.0. The van der Waals surface area contributed by atoms with Crippen LogP contribution in [0.1, 0.15) is 22.8 Å². The van der Waals surface area contributed by atoms with Gasteiger partial charge in [-0.3, -0.25) is 9.48 Å². The fourth-order valence-corrected chi connectivity index (χ4v) is 3.23. The highest BCUT2D eigenvalue weighted by molar-refractivity contribution is 5.92. The summed E-state index contributed by atoms with van der Waals surface area (Å²) in [5.74, 6) is 1.73. The molecule has 0 aliphatic rings. The zero-order chi connectivity index (χ0) is 21.8. The third kappa shape index (κ3) is 5.01. The smallest absolute Gasteiger partial charge is 0.262 e. The summed E-state index contributed by atoms with van der Waals surface area (Å²) in [6.45, 7) is 6.40. The van der Waals surface area contributed by atoms with Crippen LogP contribution in [0.5, 0.6) is 5.75 Å². The number of para-hydroxylation sites is 1. The molecule has 0 atom stereocenters. The van der Waals surface area contributed by atoms with E-state index >= 15 is 0 Å². The maximum Gasteiger partial charge on any atom is 0.262 e. The zero-order valence-electron chi connectivity index (χ0n) is 17.8. The van der Waals surface area contributed by atoms with Crippen molar-refractivity contribution in [1.29, 1.82) is 0 Å². The van der Waals surface area contributed by atoms with Crippen molar-refractivity contribution in [2.45, 2.75) is 27.3 Å². The third-order valence-corrected chi connectivity index (χ3v) is 4.82. The highest BCUT2D eigenvalue weighted by atomic mass is 16.5. The predicted molar refractivity (Wildman–Crippen MR) is 118 cm³/mol. The van der Waals surface area contributed by atoms with Gasteiger partial charge in [0.15, 0.2) is 6.61 Å². The van der Waals surface area contributed by atoms with Crippen molar-refractivity contribution in [2.24, 2.45) is 0 Å². The monoisotopic (exact) mass is 416 g/mol. The number of benzene rings is 2. The molecular formula is C24H24N4O3. The summed E-state index contributed by atoms with van der Waals surface area (Å²) in [6, 6.07) is 18.6. The van der Waals surface area contributed by atoms with E-state index in [2.05, 4.69) is 15.4 Å². The first-order valence-corrected chi connectivity index (χ1v) is 10.0. The van der Waals surface area contributed by atoms with Gasteiger partial charge < -0.3 is 14.5 Å². The number of ether oxygens (including phenoxy) is 1. The molecule has 0 saturated heterocycles. The summed E-state index contributed by atoms with van der Waals surface area (Å²) in [5.41, 5.74) is 4.41. The molecule has 2 heterocycles. The average Bonchev–Trinajstić information content (AvgIpc) is 3.29. The van der Waals surface area contributed by atoms with Crippen LogP contribution < -0.4 is 10.1 Å². The summed E-state index contributed by atoms with van der Waals surface area (Å²) in [7, 11) is 0. The van der Waals surface area contributed by atoms with Crippen molar-refractivity contribution in [3.8, 4) is 17.2 Å². The van der Waals surface area contributed by atoms with Crippen LogP contribution in [0.4, 0.5) is 5.69 Å². The second kappa shape index (κ2) is 8.87. The number of aromatic nitrogens is 3. The number of rotatable bonds is 7. The minimum atomic E-state index is -0.226. The largest absolute Gasteiger partial charge is 0.484 e. The molecule has 0 aliphatic heterocycles. The van der Waals surface area contributed by atoms with E-state index in [-0.39, 0.29) is 12.5 Å². The standard InChI is InChI=1S/C24H24N4O3/c1-16-13-17(2)28(27-16)14-22-18(3)31-24(26-22)19-9-11-20(12-10-19)25-23(29)15-30-21-7-5-4-6-8-21/h4-13H,14-15H2,1-3H3,(H,25,29). The maximum absolute atomic E-state index is 12.1. The molecule has 0 unspecified atom stereocenters. The molecule has 0 spiro atoms. The molecule has 0 bridgehead atoms. The third-order valence-electron chi connectivity index (χ3n) is 4.82. The van der Waals surface area contributed by atoms with Gasteiger partial charge in [-0.15, -0.1) is 0 Å². The molecule has 0 fully saturated rings. The molecule has 7 heteroatoms. The number of anilines is 1. The summed E-state index contributed by atoms with van der Waals surface area (Å²) < 4.78 is 13.2. The lowest BCUT2D eigenvalue weighted by molar-refractivity contribution is -0.118. The highest BCUT2D eigenvalue weighted by Crippen LogP contribution is 2.24. The van der Waals surface area contributed by atoms with Gasteiger partial charge >= 0.3 is 0 Å². The van der Waals surface area contributed by atoms with Crippen LogP contribution >= 0.6 is 0 Å². The van der Waals surface area contributed by atoms with Gasteiger partial charge in [-0.25, -0.2) is 4.98 Å². The minimum absolute atomic E-state index is 0.0552. The molecule has 4 rings (SSSR count). The first-order chi connectivity index (χ1) is 15.0. The van der Waals surface area contributed by atoms with Crippen LogP contribution in [0.2, 0.25) is 0 Å². The Bertz CT molecular complexity index is 1180. The van der Waals surface area contributed by atoms with E-state index in [1.54, 1.807) is 0 Å². The number of nitrogens with one attached hydrogen (secondary N) is 1. The van der Waals surface area contributed by atoms with Gasteiger partial charge in [0, 0.05) is 16.9 Å². The van der Waals surface area contributed by atoms with Crippen LogP contribution in [0.15, 0.2) is 65.1 Å². The number of hydrogen-bond donors (Lipinski definition) is 1. The second-order valence-electron chi connectivity index (χ2n) is 7.33. The number of carbonyl (C=O) groups excluding carboxylic acids is 1. The topological polar surface area (TPSA) is 82.2 Å². The summed E-state index contributed by atoms with van der Waals surface area (Å²) in [6.07, 6.45) is 0. The van der Waals surface area contributed by atoms with Crippen molar-refractivity contribution >= 4 is 11.6 Å². The van der Waals surface area contributed by atoms with Crippen molar-refractivity contribution in [3.63, 3.8) is 0 Å². The number of hydrogen-bond acceptors (Lipinski definition) is 5. The predicted octanol–water partition coefficient (Wildman–Crippen LogP) is 4.53. The molecule has 2 aromatic heterocycles. The van der Waals surface area contributed by atoms with Crippen LogP contribution in [-0.4, -0.2) is 27.3 Å². The summed E-state index contributed by atoms with van der Waals surface area (Å²) in [5, 5.41) is 7.31. The summed E-state index contributed by atoms with van der Waals surface area (Å²) >= 11 is 0. The van der Waals surface area contributed by atoms with Gasteiger partial charge in [0.2, 0.25) is 5.89 Å². The molecule has 31 heavy (non-hydrogen) atoms. The van der Waals surface area contributed by atoms with Crippen molar-refractivity contribution in [1.82, 2.24) is 14.8 Å². The van der Waals surface area contributed by atoms with Gasteiger partial charge in [0.25, 0.3) is 5.91 Å². The minimum Gasteiger partial charge on any atom is -0.484 e. The summed E-state index contributed by atoms with van der Waals surface area (Å²) in [4.78, 5) is 16.8. The second-order valence-corrected chi connectivity index (χ2v) is 7.33. The number of amides is 1. The Kier molecular flexibility index (Phi) is 5.84. The molecule has 1 N–H and O–H groups in total. The van der Waals surface area contributed by atoms with E-state index in [9.17, 15) is 4.79 Å². The Balaban J connectivity index is 1.39. The van der Waals surface area contributed by atoms with E-state index in [0.29, 0.717) is 23.9 Å². The Morgan fingerprint density at radius 1 is 1.06 bits per heavy atom. The van der Waals surface area contributed by atoms with Gasteiger partial charge in [0.1, 0.15) is 17.2 Å². The highest BCUT2D eigenvalue weighted by Gasteiger charge is 2.14. The van der Waals surface area contributed by atoms with Crippen molar-refractivity contribution in [2.75, 3.05) is 11.9 Å². The van der Waals surface area contributed by atoms with Crippen molar-refractivity contribution in [3.05, 3.63) is 83.5 Å². The lowest BCUT2D eigenvalue weighted by Crippen LogP contribution is -2.20. The molecule has 0 radical (unpaired) electrons. The molecular weight excluding hydrogens is 392 g/mol. The molecule has 158 valence electrons. The molecule has 0 saturated carbocycles. The van der Waals surface area contributed by atoms with Gasteiger partial charge in [0.05, 0.1) is 12.2 Å². The lowest BCUT2D eigenvalue weighted by atomic mass is 10.2. The fourth-order valence-electron chi connectivity index (χ4n) is 3.23.